The summed E-state index contributed by atoms with van der Waals surface area (Å²) in [5.74, 6) is -4.51. The number of para-hydroxylation sites is 1. The lowest BCUT2D eigenvalue weighted by atomic mass is 9.86. The number of nitrogens with one attached hydrogen (secondary N) is 1. The quantitative estimate of drug-likeness (QED) is 0.638. The van der Waals surface area contributed by atoms with Crippen LogP contribution < -0.4 is 11.1 Å². The van der Waals surface area contributed by atoms with Crippen molar-refractivity contribution in [2.45, 2.75) is 25.3 Å². The van der Waals surface area contributed by atoms with E-state index in [1.165, 1.54) is 0 Å². The van der Waals surface area contributed by atoms with E-state index in [9.17, 15) is 24.6 Å². The number of amides is 1. The summed E-state index contributed by atoms with van der Waals surface area (Å²) in [4.78, 5) is 35.1. The number of carboxylic acid groups (broad SMARTS) is 2. The smallest absolute Gasteiger partial charge is 0.324 e. The third kappa shape index (κ3) is 2.54. The maximum absolute atomic E-state index is 12.3. The van der Waals surface area contributed by atoms with Crippen molar-refractivity contribution in [2.75, 3.05) is 5.32 Å². The number of carbonyl (C=O) groups excluding carboxylic acids is 1. The lowest BCUT2D eigenvalue weighted by Gasteiger charge is -2.24. The Bertz CT molecular complexity index is 719. The molecule has 2 unspecified atom stereocenters. The zero-order valence-corrected chi connectivity index (χ0v) is 13.2. The third-order valence-corrected chi connectivity index (χ3v) is 5.36. The molecule has 1 amide bonds. The van der Waals surface area contributed by atoms with Crippen LogP contribution in [0.1, 0.15) is 18.4 Å². The molecule has 0 aromatic heterocycles. The fourth-order valence-electron chi connectivity index (χ4n) is 4.20. The summed E-state index contributed by atoms with van der Waals surface area (Å²) in [6.45, 7) is 1.87. The summed E-state index contributed by atoms with van der Waals surface area (Å²) >= 11 is 0. The predicted octanol–water partition coefficient (Wildman–Crippen LogP) is 1.07. The lowest BCUT2D eigenvalue weighted by molar-refractivity contribution is -0.146. The first-order chi connectivity index (χ1) is 11.3. The van der Waals surface area contributed by atoms with Crippen molar-refractivity contribution in [3.05, 3.63) is 29.8 Å². The summed E-state index contributed by atoms with van der Waals surface area (Å²) in [6.07, 6.45) is 0.203. The van der Waals surface area contributed by atoms with Gasteiger partial charge in [0.2, 0.25) is 5.91 Å². The average Bonchev–Trinajstić information content (AvgIpc) is 3.18. The molecule has 128 valence electrons. The van der Waals surface area contributed by atoms with Crippen LogP contribution in [0.3, 0.4) is 0 Å². The topological polar surface area (TPSA) is 130 Å². The predicted molar refractivity (Wildman–Crippen MR) is 85.2 cm³/mol. The Morgan fingerprint density at radius 2 is 1.96 bits per heavy atom. The molecule has 0 heterocycles. The van der Waals surface area contributed by atoms with E-state index in [2.05, 4.69) is 5.32 Å². The SMILES string of the molecule is Cc1ccccc1NC(=O)C[C@H]1C[C@@](N)(C(=O)O)C2C1[C@@H]2C(=O)O. The molecule has 7 heteroatoms. The number of aliphatic carboxylic acids is 2. The zero-order chi connectivity index (χ0) is 17.6. The van der Waals surface area contributed by atoms with Gasteiger partial charge in [-0.05, 0) is 36.8 Å². The standard InChI is InChI=1S/C17H20N2O5/c1-8-4-2-3-5-10(8)19-11(20)6-9-7-17(18,16(23)24)14-12(9)13(14)15(21)22/h2-5,9,12-14H,6-7,18H2,1H3,(H,19,20)(H,21,22)(H,23,24)/t9-,12?,13-,14?,17-/m0/s1. The highest BCUT2D eigenvalue weighted by molar-refractivity contribution is 5.92. The molecule has 2 aliphatic rings. The molecule has 0 saturated heterocycles. The number of hydrogen-bond donors (Lipinski definition) is 4. The maximum Gasteiger partial charge on any atom is 0.324 e. The van der Waals surface area contributed by atoms with Crippen LogP contribution in [0.2, 0.25) is 0 Å². The second-order valence-corrected chi connectivity index (χ2v) is 6.84. The molecule has 7 nitrogen and oxygen atoms in total. The van der Waals surface area contributed by atoms with Crippen LogP contribution in [-0.4, -0.2) is 33.6 Å². The Morgan fingerprint density at radius 3 is 2.54 bits per heavy atom. The Balaban J connectivity index is 1.71. The first-order valence-electron chi connectivity index (χ1n) is 7.86. The summed E-state index contributed by atoms with van der Waals surface area (Å²) in [6, 6.07) is 7.33. The van der Waals surface area contributed by atoms with Crippen LogP contribution in [0.5, 0.6) is 0 Å². The van der Waals surface area contributed by atoms with Crippen molar-refractivity contribution in [3.8, 4) is 0 Å². The van der Waals surface area contributed by atoms with Gasteiger partial charge in [0.05, 0.1) is 5.92 Å². The molecule has 5 N–H and O–H groups in total. The Labute approximate surface area is 138 Å². The highest BCUT2D eigenvalue weighted by atomic mass is 16.4. The zero-order valence-electron chi connectivity index (χ0n) is 13.2. The number of carboxylic acids is 2. The molecule has 5 atom stereocenters. The van der Waals surface area contributed by atoms with Gasteiger partial charge in [-0.2, -0.15) is 0 Å². The van der Waals surface area contributed by atoms with E-state index in [0.29, 0.717) is 5.69 Å². The van der Waals surface area contributed by atoms with E-state index in [-0.39, 0.29) is 30.6 Å². The van der Waals surface area contributed by atoms with Crippen molar-refractivity contribution in [2.24, 2.45) is 29.4 Å². The molecule has 2 saturated carbocycles. The number of benzene rings is 1. The molecular weight excluding hydrogens is 312 g/mol. The van der Waals surface area contributed by atoms with Gasteiger partial charge in [-0.3, -0.25) is 14.4 Å². The van der Waals surface area contributed by atoms with Gasteiger partial charge in [0.25, 0.3) is 0 Å². The van der Waals surface area contributed by atoms with Crippen LogP contribution in [0.25, 0.3) is 0 Å². The second kappa shape index (κ2) is 5.59. The van der Waals surface area contributed by atoms with Gasteiger partial charge >= 0.3 is 11.9 Å². The fourth-order valence-corrected chi connectivity index (χ4v) is 4.20. The number of nitrogens with two attached hydrogens (primary N) is 1. The molecule has 2 fully saturated rings. The minimum atomic E-state index is -1.55. The van der Waals surface area contributed by atoms with Crippen LogP contribution >= 0.6 is 0 Å². The van der Waals surface area contributed by atoms with E-state index >= 15 is 0 Å². The van der Waals surface area contributed by atoms with Crippen LogP contribution in [-0.2, 0) is 14.4 Å². The fraction of sp³-hybridized carbons (Fsp3) is 0.471. The average molecular weight is 332 g/mol. The lowest BCUT2D eigenvalue weighted by Crippen LogP contribution is -2.50. The van der Waals surface area contributed by atoms with E-state index in [4.69, 9.17) is 5.73 Å². The summed E-state index contributed by atoms with van der Waals surface area (Å²) < 4.78 is 0. The number of carbonyl (C=O) groups is 3. The number of anilines is 1. The first kappa shape index (κ1) is 16.4. The van der Waals surface area contributed by atoms with E-state index in [1.54, 1.807) is 6.07 Å². The van der Waals surface area contributed by atoms with Crippen molar-refractivity contribution in [3.63, 3.8) is 0 Å². The van der Waals surface area contributed by atoms with E-state index in [1.807, 2.05) is 25.1 Å². The molecule has 0 aliphatic heterocycles. The number of rotatable bonds is 5. The number of hydrogen-bond acceptors (Lipinski definition) is 4. The van der Waals surface area contributed by atoms with Crippen molar-refractivity contribution in [1.82, 2.24) is 0 Å². The summed E-state index contributed by atoms with van der Waals surface area (Å²) in [5, 5.41) is 21.4. The largest absolute Gasteiger partial charge is 0.481 e. The monoisotopic (exact) mass is 332 g/mol. The second-order valence-electron chi connectivity index (χ2n) is 6.84. The Morgan fingerprint density at radius 1 is 1.29 bits per heavy atom. The van der Waals surface area contributed by atoms with Crippen molar-refractivity contribution >= 4 is 23.5 Å². The number of fused-ring (bicyclic) bond motifs is 1. The highest BCUT2D eigenvalue weighted by Gasteiger charge is 2.73. The van der Waals surface area contributed by atoms with Crippen molar-refractivity contribution in [1.29, 1.82) is 0 Å². The van der Waals surface area contributed by atoms with Crippen LogP contribution in [0.15, 0.2) is 24.3 Å². The Kier molecular flexibility index (Phi) is 3.83. The van der Waals surface area contributed by atoms with Crippen LogP contribution in [0, 0.1) is 30.6 Å². The van der Waals surface area contributed by atoms with Gasteiger partial charge < -0.3 is 21.3 Å². The van der Waals surface area contributed by atoms with Crippen molar-refractivity contribution < 1.29 is 24.6 Å². The van der Waals surface area contributed by atoms with Gasteiger partial charge in [-0.1, -0.05) is 18.2 Å². The molecule has 1 aromatic rings. The summed E-state index contributed by atoms with van der Waals surface area (Å²) in [7, 11) is 0. The van der Waals surface area contributed by atoms with Gasteiger partial charge in [0.1, 0.15) is 5.54 Å². The molecule has 24 heavy (non-hydrogen) atoms. The minimum absolute atomic E-state index is 0.0749. The van der Waals surface area contributed by atoms with Gasteiger partial charge in [0, 0.05) is 18.0 Å². The minimum Gasteiger partial charge on any atom is -0.481 e. The Hall–Kier alpha value is -2.41. The molecule has 0 spiro atoms. The number of aryl methyl sites for hydroxylation is 1. The third-order valence-electron chi connectivity index (χ3n) is 5.36. The van der Waals surface area contributed by atoms with Crippen LogP contribution in [0.4, 0.5) is 5.69 Å². The molecular formula is C17H20N2O5. The van der Waals surface area contributed by atoms with Gasteiger partial charge in [-0.25, -0.2) is 0 Å². The maximum atomic E-state index is 12.3. The molecule has 0 radical (unpaired) electrons. The molecule has 0 bridgehead atoms. The normalized spacial score (nSPS) is 33.6. The molecule has 2 aliphatic carbocycles. The summed E-state index contributed by atoms with van der Waals surface area (Å²) in [5.41, 5.74) is 6.02. The van der Waals surface area contributed by atoms with Gasteiger partial charge in [0.15, 0.2) is 0 Å². The molecule has 1 aromatic carbocycles. The first-order valence-corrected chi connectivity index (χ1v) is 7.86. The van der Waals surface area contributed by atoms with Gasteiger partial charge in [-0.15, -0.1) is 0 Å². The molecule has 3 rings (SSSR count). The van der Waals surface area contributed by atoms with E-state index in [0.717, 1.165) is 5.56 Å². The van der Waals surface area contributed by atoms with E-state index < -0.39 is 29.3 Å². The highest BCUT2D eigenvalue weighted by Crippen LogP contribution is 2.65.